The second-order valence-corrected chi connectivity index (χ2v) is 4.28. The van der Waals surface area contributed by atoms with Crippen LogP contribution in [0.4, 0.5) is 6.01 Å². The van der Waals surface area contributed by atoms with Gasteiger partial charge < -0.3 is 20.2 Å². The van der Waals surface area contributed by atoms with Crippen molar-refractivity contribution in [1.29, 1.82) is 0 Å². The fourth-order valence-corrected chi connectivity index (χ4v) is 1.78. The summed E-state index contributed by atoms with van der Waals surface area (Å²) >= 11 is 0. The molecule has 0 aliphatic carbocycles. The van der Waals surface area contributed by atoms with Crippen LogP contribution in [0.5, 0.6) is 0 Å². The molecule has 1 fully saturated rings. The number of aromatic nitrogens is 2. The zero-order valence-corrected chi connectivity index (χ0v) is 9.64. The van der Waals surface area contributed by atoms with Crippen LogP contribution >= 0.6 is 0 Å². The third kappa shape index (κ3) is 2.70. The van der Waals surface area contributed by atoms with E-state index in [1.54, 1.807) is 0 Å². The molecule has 0 saturated carbocycles. The first kappa shape index (κ1) is 11.3. The van der Waals surface area contributed by atoms with Crippen molar-refractivity contribution in [2.45, 2.75) is 44.9 Å². The lowest BCUT2D eigenvalue weighted by molar-refractivity contribution is 0.0229. The Kier molecular flexibility index (Phi) is 3.40. The highest BCUT2D eigenvalue weighted by Gasteiger charge is 2.21. The Morgan fingerprint density at radius 1 is 1.50 bits per heavy atom. The molecule has 16 heavy (non-hydrogen) atoms. The molecule has 0 amide bonds. The molecule has 6 nitrogen and oxygen atoms in total. The van der Waals surface area contributed by atoms with Crippen molar-refractivity contribution in [3.63, 3.8) is 0 Å². The zero-order valence-electron chi connectivity index (χ0n) is 9.64. The van der Waals surface area contributed by atoms with Gasteiger partial charge in [0.2, 0.25) is 5.89 Å². The van der Waals surface area contributed by atoms with Crippen LogP contribution in [0.25, 0.3) is 0 Å². The van der Waals surface area contributed by atoms with E-state index in [2.05, 4.69) is 22.4 Å². The largest absolute Gasteiger partial charge is 0.406 e. The van der Waals surface area contributed by atoms with E-state index in [1.807, 2.05) is 6.92 Å². The number of rotatable bonds is 3. The van der Waals surface area contributed by atoms with E-state index in [0.717, 1.165) is 19.4 Å². The Bertz CT molecular complexity index is 339. The SMILES string of the molecule is CC1CC(Nc2nnc(C(C)N)o2)CCO1. The predicted molar refractivity (Wildman–Crippen MR) is 59.0 cm³/mol. The lowest BCUT2D eigenvalue weighted by Gasteiger charge is -2.27. The minimum Gasteiger partial charge on any atom is -0.406 e. The van der Waals surface area contributed by atoms with Crippen molar-refractivity contribution in [1.82, 2.24) is 10.2 Å². The molecule has 1 aromatic heterocycles. The van der Waals surface area contributed by atoms with Gasteiger partial charge in [-0.15, -0.1) is 5.10 Å². The van der Waals surface area contributed by atoms with E-state index in [4.69, 9.17) is 14.9 Å². The fourth-order valence-electron chi connectivity index (χ4n) is 1.78. The highest BCUT2D eigenvalue weighted by Crippen LogP contribution is 2.18. The molecule has 90 valence electrons. The van der Waals surface area contributed by atoms with Crippen molar-refractivity contribution in [3.05, 3.63) is 5.89 Å². The second-order valence-electron chi connectivity index (χ2n) is 4.28. The molecule has 6 heteroatoms. The van der Waals surface area contributed by atoms with Gasteiger partial charge in [0.25, 0.3) is 0 Å². The van der Waals surface area contributed by atoms with E-state index in [1.165, 1.54) is 0 Å². The Balaban J connectivity index is 1.92. The normalized spacial score (nSPS) is 27.7. The van der Waals surface area contributed by atoms with Crippen LogP contribution in [0.3, 0.4) is 0 Å². The monoisotopic (exact) mass is 226 g/mol. The average molecular weight is 226 g/mol. The van der Waals surface area contributed by atoms with E-state index in [-0.39, 0.29) is 12.1 Å². The summed E-state index contributed by atoms with van der Waals surface area (Å²) in [5, 5.41) is 11.0. The second kappa shape index (κ2) is 4.80. The van der Waals surface area contributed by atoms with Crippen molar-refractivity contribution in [2.24, 2.45) is 5.73 Å². The molecule has 0 aromatic carbocycles. The zero-order chi connectivity index (χ0) is 11.5. The molecule has 2 rings (SSSR count). The standard InChI is InChI=1S/C10H18N4O2/c1-6-5-8(3-4-15-6)12-10-14-13-9(16-10)7(2)11/h6-8H,3-5,11H2,1-2H3,(H,12,14). The van der Waals surface area contributed by atoms with Gasteiger partial charge in [0.05, 0.1) is 12.1 Å². The Morgan fingerprint density at radius 3 is 2.94 bits per heavy atom. The van der Waals surface area contributed by atoms with Gasteiger partial charge in [0, 0.05) is 12.6 Å². The Hall–Kier alpha value is -1.14. The molecule has 3 atom stereocenters. The summed E-state index contributed by atoms with van der Waals surface area (Å²) in [6.07, 6.45) is 2.19. The molecular formula is C10H18N4O2. The molecule has 0 spiro atoms. The summed E-state index contributed by atoms with van der Waals surface area (Å²) in [5.41, 5.74) is 5.64. The van der Waals surface area contributed by atoms with Gasteiger partial charge >= 0.3 is 6.01 Å². The van der Waals surface area contributed by atoms with Crippen LogP contribution in [0.2, 0.25) is 0 Å². The highest BCUT2D eigenvalue weighted by atomic mass is 16.5. The van der Waals surface area contributed by atoms with Crippen molar-refractivity contribution in [3.8, 4) is 0 Å². The van der Waals surface area contributed by atoms with Gasteiger partial charge in [-0.25, -0.2) is 0 Å². The lowest BCUT2D eigenvalue weighted by atomic mass is 10.1. The van der Waals surface area contributed by atoms with Crippen molar-refractivity contribution in [2.75, 3.05) is 11.9 Å². The first-order valence-electron chi connectivity index (χ1n) is 5.62. The third-order valence-electron chi connectivity index (χ3n) is 2.64. The van der Waals surface area contributed by atoms with Gasteiger partial charge in [0.1, 0.15) is 0 Å². The summed E-state index contributed by atoms with van der Waals surface area (Å²) in [6, 6.07) is 0.563. The molecular weight excluding hydrogens is 208 g/mol. The quantitative estimate of drug-likeness (QED) is 0.801. The van der Waals surface area contributed by atoms with E-state index in [0.29, 0.717) is 17.9 Å². The first-order chi connectivity index (χ1) is 7.65. The maximum Gasteiger partial charge on any atom is 0.315 e. The lowest BCUT2D eigenvalue weighted by Crippen LogP contribution is -2.32. The van der Waals surface area contributed by atoms with Gasteiger partial charge in [-0.3, -0.25) is 0 Å². The molecule has 1 aromatic rings. The average Bonchev–Trinajstić information content (AvgIpc) is 2.66. The summed E-state index contributed by atoms with van der Waals surface area (Å²) in [6.45, 7) is 4.65. The van der Waals surface area contributed by atoms with Gasteiger partial charge in [0.15, 0.2) is 0 Å². The minimum atomic E-state index is -0.225. The Labute approximate surface area is 94.6 Å². The summed E-state index contributed by atoms with van der Waals surface area (Å²) < 4.78 is 10.8. The van der Waals surface area contributed by atoms with E-state index >= 15 is 0 Å². The topological polar surface area (TPSA) is 86.2 Å². The first-order valence-corrected chi connectivity index (χ1v) is 5.62. The van der Waals surface area contributed by atoms with Crippen LogP contribution in [0.1, 0.15) is 38.6 Å². The Morgan fingerprint density at radius 2 is 2.31 bits per heavy atom. The minimum absolute atomic E-state index is 0.225. The van der Waals surface area contributed by atoms with Gasteiger partial charge in [-0.05, 0) is 26.7 Å². The molecule has 2 heterocycles. The summed E-state index contributed by atoms with van der Waals surface area (Å²) in [4.78, 5) is 0. The number of anilines is 1. The molecule has 0 radical (unpaired) electrons. The van der Waals surface area contributed by atoms with Crippen LogP contribution in [-0.2, 0) is 4.74 Å². The number of nitrogens with one attached hydrogen (secondary N) is 1. The van der Waals surface area contributed by atoms with Gasteiger partial charge in [-0.1, -0.05) is 5.10 Å². The van der Waals surface area contributed by atoms with Crippen LogP contribution in [0, 0.1) is 0 Å². The van der Waals surface area contributed by atoms with E-state index in [9.17, 15) is 0 Å². The number of nitrogens with zero attached hydrogens (tertiary/aromatic N) is 2. The highest BCUT2D eigenvalue weighted by molar-refractivity contribution is 5.20. The predicted octanol–water partition coefficient (Wildman–Crippen LogP) is 1.07. The summed E-state index contributed by atoms with van der Waals surface area (Å²) in [5.74, 6) is 0.461. The third-order valence-corrected chi connectivity index (χ3v) is 2.64. The molecule has 3 N–H and O–H groups in total. The molecule has 1 aliphatic rings. The maximum absolute atomic E-state index is 5.64. The smallest absolute Gasteiger partial charge is 0.315 e. The van der Waals surface area contributed by atoms with Crippen LogP contribution < -0.4 is 11.1 Å². The maximum atomic E-state index is 5.64. The molecule has 1 saturated heterocycles. The summed E-state index contributed by atoms with van der Waals surface area (Å²) in [7, 11) is 0. The van der Waals surface area contributed by atoms with Gasteiger partial charge in [-0.2, -0.15) is 0 Å². The molecule has 0 bridgehead atoms. The number of ether oxygens (including phenoxy) is 1. The van der Waals surface area contributed by atoms with Crippen molar-refractivity contribution >= 4 is 6.01 Å². The van der Waals surface area contributed by atoms with Crippen LogP contribution in [0.15, 0.2) is 4.42 Å². The number of nitrogens with two attached hydrogens (primary N) is 1. The van der Waals surface area contributed by atoms with Crippen LogP contribution in [-0.4, -0.2) is 29.0 Å². The molecule has 3 unspecified atom stereocenters. The molecule has 1 aliphatic heterocycles. The fraction of sp³-hybridized carbons (Fsp3) is 0.800. The number of hydrogen-bond donors (Lipinski definition) is 2. The van der Waals surface area contributed by atoms with E-state index < -0.39 is 0 Å². The van der Waals surface area contributed by atoms with Crippen molar-refractivity contribution < 1.29 is 9.15 Å². The number of hydrogen-bond acceptors (Lipinski definition) is 6.